The highest BCUT2D eigenvalue weighted by atomic mass is 32.2. The SMILES string of the molecule is CCCCCCCCN1C(=O)/C(=C\c2c(C)c(C#N)c(=O)n(C)c2NCc2ccc(F)cc2)SC1=S. The monoisotopic (exact) mass is 526 g/mol. The number of amides is 1. The molecule has 0 spiro atoms. The van der Waals surface area contributed by atoms with Gasteiger partial charge in [0, 0.05) is 25.7 Å². The van der Waals surface area contributed by atoms with E-state index in [1.807, 2.05) is 6.07 Å². The van der Waals surface area contributed by atoms with Crippen LogP contribution < -0.4 is 10.9 Å². The summed E-state index contributed by atoms with van der Waals surface area (Å²) in [6, 6.07) is 8.05. The zero-order chi connectivity index (χ0) is 26.2. The van der Waals surface area contributed by atoms with Gasteiger partial charge < -0.3 is 5.32 Å². The van der Waals surface area contributed by atoms with Crippen LogP contribution in [0.5, 0.6) is 0 Å². The van der Waals surface area contributed by atoms with Crippen molar-refractivity contribution in [2.24, 2.45) is 7.05 Å². The first-order chi connectivity index (χ1) is 17.3. The van der Waals surface area contributed by atoms with Crippen LogP contribution in [0.15, 0.2) is 34.0 Å². The van der Waals surface area contributed by atoms with Crippen molar-refractivity contribution in [1.29, 1.82) is 5.26 Å². The van der Waals surface area contributed by atoms with E-state index >= 15 is 0 Å². The topological polar surface area (TPSA) is 78.1 Å². The van der Waals surface area contributed by atoms with Gasteiger partial charge >= 0.3 is 0 Å². The standard InChI is InChI=1S/C27H31FN4O2S2/c1-4-5-6-7-8-9-14-32-26(34)23(36-27(32)35)15-21-18(2)22(16-29)25(33)31(3)24(21)30-17-19-10-12-20(28)13-11-19/h10-13,15,30H,4-9,14,17H2,1-3H3/b23-15+. The van der Waals surface area contributed by atoms with E-state index in [1.54, 1.807) is 37.1 Å². The quantitative estimate of drug-likeness (QED) is 0.224. The predicted molar refractivity (Wildman–Crippen MR) is 148 cm³/mol. The molecule has 1 fully saturated rings. The third kappa shape index (κ3) is 6.42. The first-order valence-corrected chi connectivity index (χ1v) is 13.4. The lowest BCUT2D eigenvalue weighted by Gasteiger charge is -2.18. The van der Waals surface area contributed by atoms with Crippen molar-refractivity contribution >= 4 is 46.1 Å². The molecule has 1 aromatic heterocycles. The summed E-state index contributed by atoms with van der Waals surface area (Å²) in [7, 11) is 1.58. The summed E-state index contributed by atoms with van der Waals surface area (Å²) in [5, 5.41) is 12.8. The second kappa shape index (κ2) is 12.8. The molecule has 1 aliphatic rings. The molecule has 1 aliphatic heterocycles. The van der Waals surface area contributed by atoms with Gasteiger partial charge in [0.25, 0.3) is 11.5 Å². The maximum absolute atomic E-state index is 13.3. The van der Waals surface area contributed by atoms with Gasteiger partial charge in [-0.05, 0) is 42.7 Å². The number of anilines is 1. The highest BCUT2D eigenvalue weighted by Gasteiger charge is 2.32. The number of hydrogen-bond donors (Lipinski definition) is 1. The number of thiocarbonyl (C=S) groups is 1. The summed E-state index contributed by atoms with van der Waals surface area (Å²) in [4.78, 5) is 28.1. The fraction of sp³-hybridized carbons (Fsp3) is 0.407. The maximum atomic E-state index is 13.3. The van der Waals surface area contributed by atoms with Crippen LogP contribution in [0.3, 0.4) is 0 Å². The van der Waals surface area contributed by atoms with Gasteiger partial charge in [0.05, 0.1) is 4.91 Å². The van der Waals surface area contributed by atoms with E-state index in [1.165, 1.54) is 47.7 Å². The van der Waals surface area contributed by atoms with E-state index in [0.29, 0.717) is 39.3 Å². The lowest BCUT2D eigenvalue weighted by Crippen LogP contribution is -2.29. The molecule has 3 rings (SSSR count). The number of carbonyl (C=O) groups excluding carboxylic acids is 1. The number of halogens is 1. The van der Waals surface area contributed by atoms with Crippen LogP contribution in [0.25, 0.3) is 6.08 Å². The van der Waals surface area contributed by atoms with Crippen LogP contribution in [-0.4, -0.2) is 26.2 Å². The Balaban J connectivity index is 1.87. The number of rotatable bonds is 11. The Morgan fingerprint density at radius 1 is 1.14 bits per heavy atom. The van der Waals surface area contributed by atoms with Crippen LogP contribution in [-0.2, 0) is 18.4 Å². The Kier molecular flexibility index (Phi) is 9.85. The summed E-state index contributed by atoms with van der Waals surface area (Å²) in [5.74, 6) is -0.0131. The molecule has 1 amide bonds. The molecule has 6 nitrogen and oxygen atoms in total. The molecule has 1 saturated heterocycles. The Bertz CT molecular complexity index is 1260. The molecule has 0 aliphatic carbocycles. The molecule has 9 heteroatoms. The number of aromatic nitrogens is 1. The van der Waals surface area contributed by atoms with Crippen molar-refractivity contribution in [3.05, 3.63) is 67.6 Å². The predicted octanol–water partition coefficient (Wildman–Crippen LogP) is 5.88. The van der Waals surface area contributed by atoms with Gasteiger partial charge in [-0.15, -0.1) is 0 Å². The molecule has 1 N–H and O–H groups in total. The fourth-order valence-electron chi connectivity index (χ4n) is 4.11. The van der Waals surface area contributed by atoms with Crippen LogP contribution in [0.2, 0.25) is 0 Å². The molecule has 2 heterocycles. The average Bonchev–Trinajstić information content (AvgIpc) is 3.13. The van der Waals surface area contributed by atoms with Crippen molar-refractivity contribution in [2.45, 2.75) is 58.9 Å². The number of carbonyl (C=O) groups is 1. The van der Waals surface area contributed by atoms with Crippen molar-refractivity contribution < 1.29 is 9.18 Å². The molecule has 0 bridgehead atoms. The molecule has 0 unspecified atom stereocenters. The van der Waals surface area contributed by atoms with E-state index in [4.69, 9.17) is 12.2 Å². The summed E-state index contributed by atoms with van der Waals surface area (Å²) in [5.41, 5.74) is 1.49. The van der Waals surface area contributed by atoms with Crippen LogP contribution in [0.1, 0.15) is 67.7 Å². The largest absolute Gasteiger partial charge is 0.367 e. The van der Waals surface area contributed by atoms with Crippen molar-refractivity contribution in [3.63, 3.8) is 0 Å². The first kappa shape index (κ1) is 27.6. The molecule has 36 heavy (non-hydrogen) atoms. The number of nitriles is 1. The number of hydrogen-bond acceptors (Lipinski definition) is 6. The van der Waals surface area contributed by atoms with Crippen LogP contribution >= 0.6 is 24.0 Å². The summed E-state index contributed by atoms with van der Waals surface area (Å²) in [6.45, 7) is 4.80. The lowest BCUT2D eigenvalue weighted by molar-refractivity contribution is -0.122. The minimum atomic E-state index is -0.427. The second-order valence-corrected chi connectivity index (χ2v) is 10.5. The minimum Gasteiger partial charge on any atom is -0.367 e. The molecule has 0 saturated carbocycles. The number of thioether (sulfide) groups is 1. The average molecular weight is 527 g/mol. The number of pyridine rings is 1. The highest BCUT2D eigenvalue weighted by Crippen LogP contribution is 2.35. The van der Waals surface area contributed by atoms with Gasteiger partial charge in [0.15, 0.2) is 0 Å². The smallest absolute Gasteiger partial charge is 0.270 e. The lowest BCUT2D eigenvalue weighted by atomic mass is 10.0. The normalized spacial score (nSPS) is 14.5. The third-order valence-electron chi connectivity index (χ3n) is 6.26. The number of nitrogens with zero attached hydrogens (tertiary/aromatic N) is 3. The van der Waals surface area contributed by atoms with Gasteiger partial charge in [-0.2, -0.15) is 5.26 Å². The Morgan fingerprint density at radius 3 is 2.47 bits per heavy atom. The van der Waals surface area contributed by atoms with E-state index in [9.17, 15) is 19.2 Å². The third-order valence-corrected chi connectivity index (χ3v) is 7.64. The zero-order valence-corrected chi connectivity index (χ0v) is 22.5. The molecule has 1 aromatic carbocycles. The van der Waals surface area contributed by atoms with E-state index in [-0.39, 0.29) is 17.3 Å². The van der Waals surface area contributed by atoms with Gasteiger partial charge in [-0.3, -0.25) is 19.1 Å². The van der Waals surface area contributed by atoms with Gasteiger partial charge in [0.2, 0.25) is 0 Å². The Morgan fingerprint density at radius 2 is 1.81 bits per heavy atom. The second-order valence-electron chi connectivity index (χ2n) is 8.82. The van der Waals surface area contributed by atoms with Gasteiger partial charge in [-0.1, -0.05) is 75.1 Å². The fourth-order valence-corrected chi connectivity index (χ4v) is 5.40. The number of unbranched alkanes of at least 4 members (excludes halogenated alkanes) is 5. The van der Waals surface area contributed by atoms with Crippen molar-refractivity contribution in [1.82, 2.24) is 9.47 Å². The minimum absolute atomic E-state index is 0.0265. The van der Waals surface area contributed by atoms with E-state index in [2.05, 4.69) is 12.2 Å². The van der Waals surface area contributed by atoms with E-state index < -0.39 is 5.56 Å². The number of benzene rings is 1. The van der Waals surface area contributed by atoms with Crippen molar-refractivity contribution in [2.75, 3.05) is 11.9 Å². The Hall–Kier alpha value is -2.96. The summed E-state index contributed by atoms with van der Waals surface area (Å²) < 4.78 is 15.2. The first-order valence-electron chi connectivity index (χ1n) is 12.2. The van der Waals surface area contributed by atoms with Crippen LogP contribution in [0.4, 0.5) is 10.2 Å². The number of nitrogens with one attached hydrogen (secondary N) is 1. The molecular formula is C27H31FN4O2S2. The highest BCUT2D eigenvalue weighted by molar-refractivity contribution is 8.26. The molecule has 190 valence electrons. The van der Waals surface area contributed by atoms with E-state index in [0.717, 1.165) is 24.8 Å². The molecular weight excluding hydrogens is 495 g/mol. The summed E-state index contributed by atoms with van der Waals surface area (Å²) in [6.07, 6.45) is 8.43. The summed E-state index contributed by atoms with van der Waals surface area (Å²) >= 11 is 6.73. The van der Waals surface area contributed by atoms with Crippen LogP contribution in [0, 0.1) is 24.1 Å². The zero-order valence-electron chi connectivity index (χ0n) is 20.9. The van der Waals surface area contributed by atoms with Gasteiger partial charge in [0.1, 0.15) is 27.6 Å². The maximum Gasteiger partial charge on any atom is 0.270 e. The molecule has 2 aromatic rings. The van der Waals surface area contributed by atoms with Gasteiger partial charge in [-0.25, -0.2) is 4.39 Å². The molecule has 0 atom stereocenters. The Labute approximate surface area is 221 Å². The molecule has 0 radical (unpaired) electrons. The van der Waals surface area contributed by atoms with Crippen molar-refractivity contribution in [3.8, 4) is 6.07 Å².